The minimum Gasteiger partial charge on any atom is -0.490 e. The molecule has 4 rings (SSSR count). The average molecular weight is 618 g/mol. The van der Waals surface area contributed by atoms with Gasteiger partial charge in [-0.05, 0) is 74.6 Å². The van der Waals surface area contributed by atoms with Crippen LogP contribution in [0.25, 0.3) is 5.69 Å². The van der Waals surface area contributed by atoms with Crippen LogP contribution in [0.4, 0.5) is 4.79 Å². The van der Waals surface area contributed by atoms with Crippen molar-refractivity contribution in [3.8, 4) is 17.2 Å². The maximum absolute atomic E-state index is 12.5. The summed E-state index contributed by atoms with van der Waals surface area (Å²) in [4.78, 5) is 24.6. The highest BCUT2D eigenvalue weighted by Crippen LogP contribution is 2.35. The number of aliphatic hydroxyl groups is 1. The normalized spacial score (nSPS) is 15.8. The quantitative estimate of drug-likeness (QED) is 0.104. The number of urea groups is 1. The number of allylic oxidation sites excluding steroid dienone is 1. The molecule has 0 unspecified atom stereocenters. The lowest BCUT2D eigenvalue weighted by atomic mass is 9.87. The van der Waals surface area contributed by atoms with Gasteiger partial charge in [-0.25, -0.2) is 9.59 Å². The number of aryl methyl sites for hydroxylation is 1. The molecular formula is C34H43N5O6. The number of benzene rings is 2. The molecule has 4 N–H and O–H groups in total. The standard InChI is InChI=1S/C34H43N5O6/c1-9-44-28-17-23(31-30(32(41)43-8)21(3)36-33(42)37-31)10-15-27(28)45-19-29(40)38-35-18-24-16-20(2)39(22(24)4)26-13-11-25(12-14-26)34(5,6)7/h10-18,29,31,38,40H,9,19H2,1-8H3,(H2,36,37,42)/b35-18-/t29-,31-/m0/s1. The van der Waals surface area contributed by atoms with Crippen molar-refractivity contribution >= 4 is 18.2 Å². The van der Waals surface area contributed by atoms with Crippen LogP contribution < -0.4 is 25.5 Å². The zero-order valence-corrected chi connectivity index (χ0v) is 27.1. The smallest absolute Gasteiger partial charge is 0.337 e. The van der Waals surface area contributed by atoms with Crippen LogP contribution in [0.15, 0.2) is 64.9 Å². The number of nitrogens with one attached hydrogen (secondary N) is 3. The molecular weight excluding hydrogens is 574 g/mol. The van der Waals surface area contributed by atoms with Crippen molar-refractivity contribution < 1.29 is 28.9 Å². The first kappa shape index (κ1) is 33.1. The molecule has 45 heavy (non-hydrogen) atoms. The van der Waals surface area contributed by atoms with E-state index in [0.717, 1.165) is 22.6 Å². The second-order valence-corrected chi connectivity index (χ2v) is 11.9. The van der Waals surface area contributed by atoms with Crippen molar-refractivity contribution in [1.82, 2.24) is 20.6 Å². The van der Waals surface area contributed by atoms with E-state index in [9.17, 15) is 14.7 Å². The first-order valence-electron chi connectivity index (χ1n) is 14.9. The Bertz CT molecular complexity index is 1600. The predicted molar refractivity (Wildman–Crippen MR) is 173 cm³/mol. The van der Waals surface area contributed by atoms with Gasteiger partial charge in [0.25, 0.3) is 0 Å². The Kier molecular flexibility index (Phi) is 10.2. The summed E-state index contributed by atoms with van der Waals surface area (Å²) < 4.78 is 18.7. The Labute approximate surface area is 264 Å². The fourth-order valence-corrected chi connectivity index (χ4v) is 5.24. The number of hydrazone groups is 1. The molecule has 0 radical (unpaired) electrons. The number of hydrogen-bond donors (Lipinski definition) is 4. The summed E-state index contributed by atoms with van der Waals surface area (Å²) >= 11 is 0. The summed E-state index contributed by atoms with van der Waals surface area (Å²) in [6.45, 7) is 14.4. The summed E-state index contributed by atoms with van der Waals surface area (Å²) in [6.07, 6.45) is 0.567. The Morgan fingerprint density at radius 2 is 1.80 bits per heavy atom. The summed E-state index contributed by atoms with van der Waals surface area (Å²) in [6, 6.07) is 14.5. The Balaban J connectivity index is 1.42. The van der Waals surface area contributed by atoms with Crippen LogP contribution in [0.1, 0.15) is 68.7 Å². The van der Waals surface area contributed by atoms with Gasteiger partial charge in [0.15, 0.2) is 17.7 Å². The summed E-state index contributed by atoms with van der Waals surface area (Å²) in [5.74, 6) is 0.213. The van der Waals surface area contributed by atoms with E-state index < -0.39 is 24.3 Å². The molecule has 2 aromatic carbocycles. The molecule has 0 fully saturated rings. The minimum atomic E-state index is -1.11. The summed E-state index contributed by atoms with van der Waals surface area (Å²) in [7, 11) is 1.28. The SMILES string of the molecule is CCOc1cc([C@@H]2NC(=O)NC(C)=C2C(=O)OC)ccc1OC[C@H](O)N/N=C\c1cc(C)n(-c2ccc(C(C)(C)C)cc2)c1C. The number of amides is 2. The summed E-state index contributed by atoms with van der Waals surface area (Å²) in [5, 5.41) is 20.1. The Morgan fingerprint density at radius 3 is 2.44 bits per heavy atom. The third-order valence-electron chi connectivity index (χ3n) is 7.56. The molecule has 0 bridgehead atoms. The molecule has 11 nitrogen and oxygen atoms in total. The lowest BCUT2D eigenvalue weighted by molar-refractivity contribution is -0.136. The van der Waals surface area contributed by atoms with Crippen LogP contribution >= 0.6 is 0 Å². The van der Waals surface area contributed by atoms with E-state index in [1.807, 2.05) is 26.8 Å². The van der Waals surface area contributed by atoms with Crippen molar-refractivity contribution in [3.05, 3.63) is 87.9 Å². The Hall–Kier alpha value is -4.77. The molecule has 0 saturated heterocycles. The van der Waals surface area contributed by atoms with Gasteiger partial charge >= 0.3 is 12.0 Å². The highest BCUT2D eigenvalue weighted by Gasteiger charge is 2.32. The molecule has 11 heteroatoms. The van der Waals surface area contributed by atoms with Crippen LogP contribution in [-0.4, -0.2) is 54.4 Å². The average Bonchev–Trinajstić information content (AvgIpc) is 3.27. The molecule has 2 atom stereocenters. The molecule has 3 aromatic rings. The topological polar surface area (TPSA) is 135 Å². The first-order valence-corrected chi connectivity index (χ1v) is 14.9. The van der Waals surface area contributed by atoms with Crippen molar-refractivity contribution in [1.29, 1.82) is 0 Å². The van der Waals surface area contributed by atoms with E-state index in [1.165, 1.54) is 12.7 Å². The number of methoxy groups -OCH3 is 1. The van der Waals surface area contributed by atoms with Gasteiger partial charge in [0, 0.05) is 28.3 Å². The number of aromatic nitrogens is 1. The number of nitrogens with zero attached hydrogens (tertiary/aromatic N) is 2. The Morgan fingerprint density at radius 1 is 1.09 bits per heavy atom. The van der Waals surface area contributed by atoms with Gasteiger partial charge in [0.05, 0.1) is 31.5 Å². The molecule has 1 aromatic heterocycles. The van der Waals surface area contributed by atoms with Crippen LogP contribution in [0, 0.1) is 13.8 Å². The monoisotopic (exact) mass is 617 g/mol. The zero-order valence-electron chi connectivity index (χ0n) is 27.1. The molecule has 2 heterocycles. The number of carbonyl (C=O) groups excluding carboxylic acids is 2. The molecule has 0 saturated carbocycles. The maximum Gasteiger partial charge on any atom is 0.337 e. The van der Waals surface area contributed by atoms with Crippen LogP contribution in [0.5, 0.6) is 11.5 Å². The van der Waals surface area contributed by atoms with E-state index in [2.05, 4.69) is 70.8 Å². The minimum absolute atomic E-state index is 0.0833. The van der Waals surface area contributed by atoms with Gasteiger partial charge < -0.3 is 34.5 Å². The highest BCUT2D eigenvalue weighted by molar-refractivity contribution is 5.95. The number of rotatable bonds is 11. The summed E-state index contributed by atoms with van der Waals surface area (Å²) in [5.41, 5.74) is 9.45. The lowest BCUT2D eigenvalue weighted by Gasteiger charge is -2.28. The van der Waals surface area contributed by atoms with Gasteiger partial charge in [-0.1, -0.05) is 39.0 Å². The van der Waals surface area contributed by atoms with Crippen LogP contribution in [-0.2, 0) is 14.9 Å². The molecule has 1 aliphatic rings. The van der Waals surface area contributed by atoms with Gasteiger partial charge in [0.2, 0.25) is 0 Å². The highest BCUT2D eigenvalue weighted by atomic mass is 16.5. The fraction of sp³-hybridized carbons (Fsp3) is 0.382. The number of carbonyl (C=O) groups is 2. The zero-order chi connectivity index (χ0) is 32.9. The molecule has 0 aliphatic carbocycles. The largest absolute Gasteiger partial charge is 0.490 e. The maximum atomic E-state index is 12.5. The van der Waals surface area contributed by atoms with E-state index in [4.69, 9.17) is 14.2 Å². The van der Waals surface area contributed by atoms with Crippen LogP contribution in [0.2, 0.25) is 0 Å². The molecule has 0 spiro atoms. The van der Waals surface area contributed by atoms with Crippen LogP contribution in [0.3, 0.4) is 0 Å². The van der Waals surface area contributed by atoms with E-state index in [-0.39, 0.29) is 17.6 Å². The second-order valence-electron chi connectivity index (χ2n) is 11.9. The van der Waals surface area contributed by atoms with E-state index in [1.54, 1.807) is 31.3 Å². The number of aliphatic hydroxyl groups excluding tert-OH is 1. The van der Waals surface area contributed by atoms with Crippen molar-refractivity contribution in [2.45, 2.75) is 66.2 Å². The van der Waals surface area contributed by atoms with E-state index >= 15 is 0 Å². The van der Waals surface area contributed by atoms with Crippen molar-refractivity contribution in [3.63, 3.8) is 0 Å². The predicted octanol–water partition coefficient (Wildman–Crippen LogP) is 4.91. The van der Waals surface area contributed by atoms with Crippen molar-refractivity contribution in [2.75, 3.05) is 20.3 Å². The van der Waals surface area contributed by atoms with Gasteiger partial charge in [-0.3, -0.25) is 5.43 Å². The fourth-order valence-electron chi connectivity index (χ4n) is 5.24. The second kappa shape index (κ2) is 13.9. The van der Waals surface area contributed by atoms with E-state index in [0.29, 0.717) is 29.4 Å². The lowest BCUT2D eigenvalue weighted by Crippen LogP contribution is -2.45. The third-order valence-corrected chi connectivity index (χ3v) is 7.56. The first-order chi connectivity index (χ1) is 21.3. The van der Waals surface area contributed by atoms with Gasteiger partial charge in [-0.2, -0.15) is 5.10 Å². The molecule has 240 valence electrons. The van der Waals surface area contributed by atoms with Gasteiger partial charge in [-0.15, -0.1) is 0 Å². The molecule has 2 amide bonds. The van der Waals surface area contributed by atoms with Gasteiger partial charge in [0.1, 0.15) is 6.61 Å². The van der Waals surface area contributed by atoms with Crippen molar-refractivity contribution in [2.24, 2.45) is 5.10 Å². The number of esters is 1. The third kappa shape index (κ3) is 7.66. The molecule has 1 aliphatic heterocycles. The number of hydrogen-bond acceptors (Lipinski definition) is 8. The number of ether oxygens (including phenoxy) is 3.